The molecule has 152 valence electrons. The molecule has 0 aliphatic carbocycles. The Bertz CT molecular complexity index is 891. The highest BCUT2D eigenvalue weighted by molar-refractivity contribution is 5.82. The molecule has 0 bridgehead atoms. The van der Waals surface area contributed by atoms with E-state index in [1.165, 1.54) is 24.6 Å². The minimum atomic E-state index is -0.520. The minimum Gasteiger partial charge on any atom is -0.366 e. The molecule has 1 fully saturated rings. The van der Waals surface area contributed by atoms with E-state index < -0.39 is 6.10 Å². The summed E-state index contributed by atoms with van der Waals surface area (Å²) in [6.07, 6.45) is 1.54. The van der Waals surface area contributed by atoms with Crippen molar-refractivity contribution in [2.75, 3.05) is 13.2 Å². The fourth-order valence-electron chi connectivity index (χ4n) is 4.34. The summed E-state index contributed by atoms with van der Waals surface area (Å²) < 4.78 is 19.3. The van der Waals surface area contributed by atoms with Crippen LogP contribution in [-0.4, -0.2) is 42.0 Å². The number of nitrogens with one attached hydrogen (secondary N) is 1. The fraction of sp³-hybridized carbons (Fsp3) is 0.391. The highest BCUT2D eigenvalue weighted by atomic mass is 19.1. The summed E-state index contributed by atoms with van der Waals surface area (Å²) in [6, 6.07) is 14.2. The van der Waals surface area contributed by atoms with E-state index in [4.69, 9.17) is 4.74 Å². The standard InChI is InChI=1S/C23H25FN2O3/c1-15(27)25-19-10-11-21(29-14-19)23(28)26-13-12-16-4-2-3-5-20(16)22(26)17-6-8-18(24)9-7-17/h2-9,19,21-22H,10-14H2,1H3,(H,25,27)/t19-,21-,22+/m1/s1. The third-order valence-electron chi connectivity index (χ3n) is 5.71. The molecule has 2 aromatic rings. The molecule has 0 aromatic heterocycles. The normalized spacial score (nSPS) is 23.9. The molecular weight excluding hydrogens is 371 g/mol. The molecule has 0 unspecified atom stereocenters. The Labute approximate surface area is 169 Å². The lowest BCUT2D eigenvalue weighted by atomic mass is 9.87. The van der Waals surface area contributed by atoms with Crippen LogP contribution in [0.25, 0.3) is 0 Å². The van der Waals surface area contributed by atoms with Gasteiger partial charge in [0.05, 0.1) is 18.7 Å². The predicted molar refractivity (Wildman–Crippen MR) is 107 cm³/mol. The maximum atomic E-state index is 13.5. The van der Waals surface area contributed by atoms with Crippen LogP contribution >= 0.6 is 0 Å². The van der Waals surface area contributed by atoms with Gasteiger partial charge in [0.25, 0.3) is 5.91 Å². The summed E-state index contributed by atoms with van der Waals surface area (Å²) in [5.41, 5.74) is 3.17. The summed E-state index contributed by atoms with van der Waals surface area (Å²) in [5, 5.41) is 2.85. The van der Waals surface area contributed by atoms with Gasteiger partial charge in [-0.1, -0.05) is 36.4 Å². The van der Waals surface area contributed by atoms with Crippen molar-refractivity contribution < 1.29 is 18.7 Å². The SMILES string of the molecule is CC(=O)N[C@@H]1CC[C@H](C(=O)N2CCc3ccccc3[C@@H]2c2ccc(F)cc2)OC1. The van der Waals surface area contributed by atoms with Gasteiger partial charge < -0.3 is 15.0 Å². The average Bonchev–Trinajstić information content (AvgIpc) is 2.73. The third-order valence-corrected chi connectivity index (χ3v) is 5.71. The van der Waals surface area contributed by atoms with Crippen LogP contribution in [0.5, 0.6) is 0 Å². The number of benzene rings is 2. The van der Waals surface area contributed by atoms with Crippen LogP contribution in [0.3, 0.4) is 0 Å². The van der Waals surface area contributed by atoms with Crippen LogP contribution in [0, 0.1) is 5.82 Å². The van der Waals surface area contributed by atoms with Gasteiger partial charge in [-0.15, -0.1) is 0 Å². The van der Waals surface area contributed by atoms with Crippen molar-refractivity contribution >= 4 is 11.8 Å². The van der Waals surface area contributed by atoms with Crippen LogP contribution < -0.4 is 5.32 Å². The Morgan fingerprint density at radius 3 is 2.55 bits per heavy atom. The molecule has 3 atom stereocenters. The van der Waals surface area contributed by atoms with Gasteiger partial charge in [0.1, 0.15) is 11.9 Å². The lowest BCUT2D eigenvalue weighted by Crippen LogP contribution is -2.50. The van der Waals surface area contributed by atoms with Gasteiger partial charge in [-0.2, -0.15) is 0 Å². The smallest absolute Gasteiger partial charge is 0.252 e. The van der Waals surface area contributed by atoms with Crippen LogP contribution in [0.15, 0.2) is 48.5 Å². The quantitative estimate of drug-likeness (QED) is 0.868. The second-order valence-corrected chi connectivity index (χ2v) is 7.73. The van der Waals surface area contributed by atoms with Gasteiger partial charge in [0.2, 0.25) is 5.91 Å². The number of hydrogen-bond acceptors (Lipinski definition) is 3. The highest BCUT2D eigenvalue weighted by Gasteiger charge is 2.37. The van der Waals surface area contributed by atoms with Gasteiger partial charge in [-0.3, -0.25) is 9.59 Å². The second kappa shape index (κ2) is 8.33. The van der Waals surface area contributed by atoms with E-state index in [1.807, 2.05) is 23.1 Å². The molecular formula is C23H25FN2O3. The van der Waals surface area contributed by atoms with Gasteiger partial charge in [0.15, 0.2) is 0 Å². The van der Waals surface area contributed by atoms with E-state index in [2.05, 4.69) is 11.4 Å². The molecule has 2 heterocycles. The molecule has 0 spiro atoms. The molecule has 2 amide bonds. The summed E-state index contributed by atoms with van der Waals surface area (Å²) in [6.45, 7) is 2.41. The summed E-state index contributed by atoms with van der Waals surface area (Å²) in [7, 11) is 0. The molecule has 4 rings (SSSR count). The summed E-state index contributed by atoms with van der Waals surface area (Å²) >= 11 is 0. The van der Waals surface area contributed by atoms with Gasteiger partial charge in [0, 0.05) is 13.5 Å². The maximum absolute atomic E-state index is 13.5. The van der Waals surface area contributed by atoms with E-state index in [0.717, 1.165) is 17.5 Å². The fourth-order valence-corrected chi connectivity index (χ4v) is 4.34. The van der Waals surface area contributed by atoms with E-state index in [0.29, 0.717) is 26.0 Å². The van der Waals surface area contributed by atoms with Crippen molar-refractivity contribution in [1.29, 1.82) is 0 Å². The van der Waals surface area contributed by atoms with Crippen molar-refractivity contribution in [2.45, 2.75) is 44.4 Å². The van der Waals surface area contributed by atoms with Crippen molar-refractivity contribution in [1.82, 2.24) is 10.2 Å². The first kappa shape index (κ1) is 19.6. The topological polar surface area (TPSA) is 58.6 Å². The first-order chi connectivity index (χ1) is 14.0. The first-order valence-corrected chi connectivity index (χ1v) is 10.1. The van der Waals surface area contributed by atoms with E-state index in [9.17, 15) is 14.0 Å². The minimum absolute atomic E-state index is 0.0462. The van der Waals surface area contributed by atoms with Crippen molar-refractivity contribution in [2.24, 2.45) is 0 Å². The Hall–Kier alpha value is -2.73. The number of halogens is 1. The maximum Gasteiger partial charge on any atom is 0.252 e. The lowest BCUT2D eigenvalue weighted by molar-refractivity contribution is -0.149. The van der Waals surface area contributed by atoms with E-state index in [-0.39, 0.29) is 29.7 Å². The Morgan fingerprint density at radius 1 is 1.10 bits per heavy atom. The molecule has 6 heteroatoms. The van der Waals surface area contributed by atoms with Gasteiger partial charge in [-0.05, 0) is 48.1 Å². The van der Waals surface area contributed by atoms with E-state index in [1.54, 1.807) is 12.1 Å². The molecule has 1 N–H and O–H groups in total. The zero-order chi connectivity index (χ0) is 20.4. The van der Waals surface area contributed by atoms with Gasteiger partial charge in [-0.25, -0.2) is 4.39 Å². The molecule has 0 saturated carbocycles. The number of rotatable bonds is 3. The van der Waals surface area contributed by atoms with E-state index >= 15 is 0 Å². The monoisotopic (exact) mass is 396 g/mol. The number of amides is 2. The Kier molecular flexibility index (Phi) is 5.62. The third kappa shape index (κ3) is 4.17. The Balaban J connectivity index is 1.58. The van der Waals surface area contributed by atoms with Crippen molar-refractivity contribution in [3.05, 3.63) is 71.0 Å². The molecule has 2 aliphatic heterocycles. The summed E-state index contributed by atoms with van der Waals surface area (Å²) in [5.74, 6) is -0.433. The zero-order valence-electron chi connectivity index (χ0n) is 16.4. The Morgan fingerprint density at radius 2 is 1.86 bits per heavy atom. The second-order valence-electron chi connectivity index (χ2n) is 7.73. The first-order valence-electron chi connectivity index (χ1n) is 10.1. The highest BCUT2D eigenvalue weighted by Crippen LogP contribution is 2.36. The average molecular weight is 396 g/mol. The lowest BCUT2D eigenvalue weighted by Gasteiger charge is -2.40. The number of carbonyl (C=O) groups excluding carboxylic acids is 2. The number of carbonyl (C=O) groups is 2. The molecule has 2 aliphatic rings. The predicted octanol–water partition coefficient (Wildman–Crippen LogP) is 2.98. The number of ether oxygens (including phenoxy) is 1. The van der Waals surface area contributed by atoms with Crippen molar-refractivity contribution in [3.8, 4) is 0 Å². The largest absolute Gasteiger partial charge is 0.366 e. The zero-order valence-corrected chi connectivity index (χ0v) is 16.4. The van der Waals surface area contributed by atoms with Crippen LogP contribution in [0.2, 0.25) is 0 Å². The summed E-state index contributed by atoms with van der Waals surface area (Å²) in [4.78, 5) is 26.5. The number of hydrogen-bond donors (Lipinski definition) is 1. The molecule has 0 radical (unpaired) electrons. The van der Waals surface area contributed by atoms with Gasteiger partial charge >= 0.3 is 0 Å². The molecule has 5 nitrogen and oxygen atoms in total. The van der Waals surface area contributed by atoms with Crippen LogP contribution in [0.4, 0.5) is 4.39 Å². The number of nitrogens with zero attached hydrogens (tertiary/aromatic N) is 1. The van der Waals surface area contributed by atoms with Crippen molar-refractivity contribution in [3.63, 3.8) is 0 Å². The number of fused-ring (bicyclic) bond motifs is 1. The molecule has 1 saturated heterocycles. The van der Waals surface area contributed by atoms with Crippen LogP contribution in [0.1, 0.15) is 42.5 Å². The molecule has 2 aromatic carbocycles. The van der Waals surface area contributed by atoms with Crippen LogP contribution in [-0.2, 0) is 20.7 Å². The molecule has 29 heavy (non-hydrogen) atoms.